The average Bonchev–Trinajstić information content (AvgIpc) is 3.02. The fraction of sp³-hybridized carbons (Fsp3) is 0.308. The van der Waals surface area contributed by atoms with Crippen LogP contribution < -0.4 is 9.47 Å². The summed E-state index contributed by atoms with van der Waals surface area (Å²) in [6.45, 7) is 1.76. The lowest BCUT2D eigenvalue weighted by Gasteiger charge is -2.10. The third-order valence-electron chi connectivity index (χ3n) is 2.98. The lowest BCUT2D eigenvalue weighted by molar-refractivity contribution is -0.385. The quantitative estimate of drug-likeness (QED) is 0.482. The molecule has 10 nitrogen and oxygen atoms in total. The number of carbonyl (C=O) groups excluding carboxylic acids is 1. The highest BCUT2D eigenvalue weighted by Crippen LogP contribution is 2.44. The number of methoxy groups -OCH3 is 2. The van der Waals surface area contributed by atoms with Gasteiger partial charge in [0, 0.05) is 0 Å². The zero-order valence-electron chi connectivity index (χ0n) is 12.7. The topological polar surface area (TPSA) is 129 Å². The molecule has 0 aliphatic carbocycles. The number of nitro benzene ring substituents is 1. The first-order valence-corrected chi connectivity index (χ1v) is 6.52. The van der Waals surface area contributed by atoms with Crippen LogP contribution in [0.2, 0.25) is 0 Å². The number of nitro groups is 1. The first kappa shape index (κ1) is 16.2. The minimum absolute atomic E-state index is 0.00334. The Balaban J connectivity index is 2.75. The molecule has 122 valence electrons. The number of carbonyl (C=O) groups is 1. The highest BCUT2D eigenvalue weighted by atomic mass is 16.6. The molecule has 2 rings (SSSR count). The van der Waals surface area contributed by atoms with Crippen molar-refractivity contribution in [2.24, 2.45) is 0 Å². The van der Waals surface area contributed by atoms with Gasteiger partial charge in [-0.3, -0.25) is 10.1 Å². The third kappa shape index (κ3) is 2.91. The van der Waals surface area contributed by atoms with Crippen LogP contribution in [-0.4, -0.2) is 47.1 Å². The molecule has 0 aliphatic heterocycles. The van der Waals surface area contributed by atoms with Crippen LogP contribution in [0.15, 0.2) is 12.1 Å². The van der Waals surface area contributed by atoms with Crippen LogP contribution in [0.5, 0.6) is 11.5 Å². The molecular weight excluding hydrogens is 308 g/mol. The molecular formula is C13H14N4O6. The van der Waals surface area contributed by atoms with Crippen LogP contribution in [0, 0.1) is 10.1 Å². The number of hydrogen-bond donors (Lipinski definition) is 1. The molecule has 0 unspecified atom stereocenters. The SMILES string of the molecule is CCOC(=O)c1n[nH]nc1-c1c(OC)ccc(OC)c1[N+](=O)[O-]. The van der Waals surface area contributed by atoms with E-state index in [1.807, 2.05) is 0 Å². The van der Waals surface area contributed by atoms with E-state index in [1.54, 1.807) is 6.92 Å². The van der Waals surface area contributed by atoms with Gasteiger partial charge in [-0.15, -0.1) is 5.10 Å². The van der Waals surface area contributed by atoms with Gasteiger partial charge in [-0.1, -0.05) is 0 Å². The summed E-state index contributed by atoms with van der Waals surface area (Å²) in [7, 11) is 2.65. The van der Waals surface area contributed by atoms with Gasteiger partial charge in [0.25, 0.3) is 0 Å². The lowest BCUT2D eigenvalue weighted by atomic mass is 10.1. The predicted molar refractivity (Wildman–Crippen MR) is 77.5 cm³/mol. The van der Waals surface area contributed by atoms with Crippen molar-refractivity contribution in [3.05, 3.63) is 27.9 Å². The van der Waals surface area contributed by atoms with E-state index in [1.165, 1.54) is 26.4 Å². The van der Waals surface area contributed by atoms with Gasteiger partial charge in [0.1, 0.15) is 17.0 Å². The van der Waals surface area contributed by atoms with Gasteiger partial charge in [-0.05, 0) is 19.1 Å². The molecule has 0 saturated heterocycles. The average molecular weight is 322 g/mol. The van der Waals surface area contributed by atoms with Gasteiger partial charge in [-0.25, -0.2) is 4.79 Å². The van der Waals surface area contributed by atoms with E-state index in [9.17, 15) is 14.9 Å². The molecule has 0 fully saturated rings. The van der Waals surface area contributed by atoms with E-state index in [2.05, 4.69) is 15.4 Å². The highest BCUT2D eigenvalue weighted by molar-refractivity contribution is 5.97. The maximum Gasteiger partial charge on any atom is 0.361 e. The normalized spacial score (nSPS) is 10.2. The number of nitrogens with zero attached hydrogens (tertiary/aromatic N) is 3. The molecule has 0 saturated carbocycles. The summed E-state index contributed by atoms with van der Waals surface area (Å²) in [4.78, 5) is 22.8. The Morgan fingerprint density at radius 1 is 1.26 bits per heavy atom. The summed E-state index contributed by atoms with van der Waals surface area (Å²) in [5.74, 6) is -0.601. The standard InChI is InChI=1S/C13H14N4O6/c1-4-23-13(18)11-10(14-16-15-11)9-7(21-2)5-6-8(22-3)12(9)17(19)20/h5-6H,4H2,1-3H3,(H,14,15,16). The zero-order valence-corrected chi connectivity index (χ0v) is 12.7. The molecule has 23 heavy (non-hydrogen) atoms. The molecule has 10 heteroatoms. The number of nitrogens with one attached hydrogen (secondary N) is 1. The van der Waals surface area contributed by atoms with Crippen molar-refractivity contribution < 1.29 is 23.9 Å². The van der Waals surface area contributed by atoms with E-state index in [-0.39, 0.29) is 40.7 Å². The first-order valence-electron chi connectivity index (χ1n) is 6.52. The smallest absolute Gasteiger partial charge is 0.361 e. The number of aromatic amines is 1. The van der Waals surface area contributed by atoms with Gasteiger partial charge >= 0.3 is 11.7 Å². The zero-order chi connectivity index (χ0) is 17.0. The monoisotopic (exact) mass is 322 g/mol. The van der Waals surface area contributed by atoms with Crippen LogP contribution in [0.1, 0.15) is 17.4 Å². The number of esters is 1. The molecule has 1 N–H and O–H groups in total. The Hall–Kier alpha value is -3.17. The minimum Gasteiger partial charge on any atom is -0.496 e. The second-order valence-corrected chi connectivity index (χ2v) is 4.19. The van der Waals surface area contributed by atoms with Gasteiger partial charge in [0.05, 0.1) is 25.7 Å². The van der Waals surface area contributed by atoms with Crippen molar-refractivity contribution in [3.8, 4) is 22.8 Å². The molecule has 1 aromatic heterocycles. The van der Waals surface area contributed by atoms with Crippen molar-refractivity contribution in [2.75, 3.05) is 20.8 Å². The van der Waals surface area contributed by atoms with E-state index >= 15 is 0 Å². The summed E-state index contributed by atoms with van der Waals surface area (Å²) < 4.78 is 15.1. The Morgan fingerprint density at radius 2 is 1.91 bits per heavy atom. The van der Waals surface area contributed by atoms with Gasteiger partial charge in [0.2, 0.25) is 0 Å². The molecule has 1 aromatic carbocycles. The highest BCUT2D eigenvalue weighted by Gasteiger charge is 2.32. The van der Waals surface area contributed by atoms with Crippen LogP contribution in [0.4, 0.5) is 5.69 Å². The number of H-pyrrole nitrogens is 1. The van der Waals surface area contributed by atoms with Crippen LogP contribution in [0.25, 0.3) is 11.3 Å². The molecule has 0 aliphatic rings. The van der Waals surface area contributed by atoms with E-state index in [0.29, 0.717) is 0 Å². The third-order valence-corrected chi connectivity index (χ3v) is 2.98. The Morgan fingerprint density at radius 3 is 2.48 bits per heavy atom. The summed E-state index contributed by atoms with van der Waals surface area (Å²) in [5.41, 5.74) is -0.632. The number of aromatic nitrogens is 3. The number of hydrogen-bond acceptors (Lipinski definition) is 8. The molecule has 2 aromatic rings. The minimum atomic E-state index is -0.754. The molecule has 0 radical (unpaired) electrons. The van der Waals surface area contributed by atoms with E-state index < -0.39 is 10.9 Å². The number of rotatable bonds is 6. The Bertz CT molecular complexity index is 742. The van der Waals surface area contributed by atoms with E-state index in [0.717, 1.165) is 0 Å². The van der Waals surface area contributed by atoms with Crippen molar-refractivity contribution in [3.63, 3.8) is 0 Å². The van der Waals surface area contributed by atoms with Gasteiger partial charge < -0.3 is 14.2 Å². The summed E-state index contributed by atoms with van der Waals surface area (Å²) in [5, 5.41) is 21.3. The molecule has 0 spiro atoms. The largest absolute Gasteiger partial charge is 0.496 e. The molecule has 0 bridgehead atoms. The van der Waals surface area contributed by atoms with Crippen molar-refractivity contribution in [1.29, 1.82) is 0 Å². The maximum absolute atomic E-state index is 11.9. The van der Waals surface area contributed by atoms with E-state index in [4.69, 9.17) is 14.2 Å². The molecule has 0 atom stereocenters. The fourth-order valence-corrected chi connectivity index (χ4v) is 2.05. The second-order valence-electron chi connectivity index (χ2n) is 4.19. The lowest BCUT2D eigenvalue weighted by Crippen LogP contribution is -2.08. The van der Waals surface area contributed by atoms with Gasteiger partial charge in [-0.2, -0.15) is 10.3 Å². The summed E-state index contributed by atoms with van der Waals surface area (Å²) >= 11 is 0. The van der Waals surface area contributed by atoms with Crippen molar-refractivity contribution in [2.45, 2.75) is 6.92 Å². The number of ether oxygens (including phenoxy) is 3. The predicted octanol–water partition coefficient (Wildman–Crippen LogP) is 1.57. The van der Waals surface area contributed by atoms with Gasteiger partial charge in [0.15, 0.2) is 11.4 Å². The number of benzene rings is 1. The maximum atomic E-state index is 11.9. The van der Waals surface area contributed by atoms with Crippen molar-refractivity contribution >= 4 is 11.7 Å². The Kier molecular flexibility index (Phi) is 4.74. The van der Waals surface area contributed by atoms with Crippen LogP contribution in [-0.2, 0) is 4.74 Å². The van der Waals surface area contributed by atoms with Crippen LogP contribution in [0.3, 0.4) is 0 Å². The first-order chi connectivity index (χ1) is 11.0. The Labute approximate surface area is 130 Å². The summed E-state index contributed by atoms with van der Waals surface area (Å²) in [6.07, 6.45) is 0. The molecule has 0 amide bonds. The van der Waals surface area contributed by atoms with Crippen LogP contribution >= 0.6 is 0 Å². The fourth-order valence-electron chi connectivity index (χ4n) is 2.05. The molecule has 1 heterocycles. The summed E-state index contributed by atoms with van der Waals surface area (Å²) in [6, 6.07) is 2.87. The second kappa shape index (κ2) is 6.73. The van der Waals surface area contributed by atoms with Crippen molar-refractivity contribution in [1.82, 2.24) is 15.4 Å².